The van der Waals surface area contributed by atoms with Crippen molar-refractivity contribution < 1.29 is 23.9 Å². The number of hydrogen-bond acceptors (Lipinski definition) is 5. The molecule has 0 N–H and O–H groups in total. The lowest BCUT2D eigenvalue weighted by Crippen LogP contribution is -2.47. The largest absolute Gasteiger partial charge is 0.465 e. The zero-order chi connectivity index (χ0) is 19.7. The van der Waals surface area contributed by atoms with Crippen molar-refractivity contribution in [2.24, 2.45) is 5.41 Å². The van der Waals surface area contributed by atoms with Gasteiger partial charge in [-0.25, -0.2) is 0 Å². The molecule has 1 aliphatic rings. The number of fused-ring (bicyclic) bond motifs is 1. The highest BCUT2D eigenvalue weighted by molar-refractivity contribution is 9.10. The molecule has 0 aromatic heterocycles. The molecule has 0 saturated carbocycles. The highest BCUT2D eigenvalue weighted by Gasteiger charge is 2.55. The SMILES string of the molecule is CCOC(=O)C(C)(CC1(C)C(=O)N(C)c2ccc(Br)cc21)C(=O)OCC. The van der Waals surface area contributed by atoms with E-state index >= 15 is 0 Å². The molecule has 1 aromatic carbocycles. The molecule has 1 unspecified atom stereocenters. The van der Waals surface area contributed by atoms with E-state index in [-0.39, 0.29) is 25.5 Å². The quantitative estimate of drug-likeness (QED) is 0.516. The highest BCUT2D eigenvalue weighted by Crippen LogP contribution is 2.48. The van der Waals surface area contributed by atoms with Gasteiger partial charge >= 0.3 is 11.9 Å². The molecule has 1 aromatic rings. The second kappa shape index (κ2) is 7.39. The molecule has 0 bridgehead atoms. The number of benzene rings is 1. The third-order valence-corrected chi connectivity index (χ3v) is 5.34. The molecular formula is C19H24BrNO5. The molecule has 0 spiro atoms. The van der Waals surface area contributed by atoms with Gasteiger partial charge in [0, 0.05) is 17.2 Å². The number of hydrogen-bond donors (Lipinski definition) is 0. The molecular weight excluding hydrogens is 402 g/mol. The number of carbonyl (C=O) groups excluding carboxylic acids is 3. The maximum Gasteiger partial charge on any atom is 0.323 e. The number of rotatable bonds is 6. The van der Waals surface area contributed by atoms with Gasteiger partial charge in [0.25, 0.3) is 0 Å². The van der Waals surface area contributed by atoms with Crippen molar-refractivity contribution in [3.63, 3.8) is 0 Å². The molecule has 0 saturated heterocycles. The molecule has 0 radical (unpaired) electrons. The maximum atomic E-state index is 13.0. The van der Waals surface area contributed by atoms with Crippen molar-refractivity contribution in [3.05, 3.63) is 28.2 Å². The molecule has 1 aliphatic heterocycles. The summed E-state index contributed by atoms with van der Waals surface area (Å²) in [6.45, 7) is 6.86. The number of amides is 1. The Morgan fingerprint density at radius 3 is 2.23 bits per heavy atom. The first kappa shape index (κ1) is 20.4. The number of esters is 2. The van der Waals surface area contributed by atoms with Crippen molar-refractivity contribution in [3.8, 4) is 0 Å². The van der Waals surface area contributed by atoms with Crippen LogP contribution in [0.25, 0.3) is 0 Å². The first-order valence-electron chi connectivity index (χ1n) is 8.54. The van der Waals surface area contributed by atoms with E-state index in [1.54, 1.807) is 32.7 Å². The molecule has 6 nitrogen and oxygen atoms in total. The van der Waals surface area contributed by atoms with Gasteiger partial charge in [-0.3, -0.25) is 14.4 Å². The minimum atomic E-state index is -1.58. The van der Waals surface area contributed by atoms with Crippen LogP contribution in [0.1, 0.15) is 39.7 Å². The predicted octanol–water partition coefficient (Wildman–Crippen LogP) is 3.21. The van der Waals surface area contributed by atoms with E-state index in [1.165, 1.54) is 6.92 Å². The molecule has 1 atom stereocenters. The number of ether oxygens (including phenoxy) is 2. The second-order valence-corrected chi connectivity index (χ2v) is 7.72. The van der Waals surface area contributed by atoms with Gasteiger partial charge in [-0.15, -0.1) is 0 Å². The Bertz CT molecular complexity index is 729. The summed E-state index contributed by atoms with van der Waals surface area (Å²) in [4.78, 5) is 39.8. The lowest BCUT2D eigenvalue weighted by atomic mass is 9.69. The third-order valence-electron chi connectivity index (χ3n) is 4.85. The molecule has 0 aliphatic carbocycles. The van der Waals surface area contributed by atoms with Gasteiger partial charge in [-0.1, -0.05) is 15.9 Å². The van der Waals surface area contributed by atoms with Gasteiger partial charge in [-0.2, -0.15) is 0 Å². The average Bonchev–Trinajstić information content (AvgIpc) is 2.76. The summed E-state index contributed by atoms with van der Waals surface area (Å²) < 4.78 is 11.1. The molecule has 0 fully saturated rings. The van der Waals surface area contributed by atoms with E-state index in [4.69, 9.17) is 9.47 Å². The number of nitrogens with zero attached hydrogens (tertiary/aromatic N) is 1. The Morgan fingerprint density at radius 1 is 1.19 bits per heavy atom. The van der Waals surface area contributed by atoms with Crippen LogP contribution in [0.2, 0.25) is 0 Å². The minimum Gasteiger partial charge on any atom is -0.465 e. The van der Waals surface area contributed by atoms with E-state index < -0.39 is 22.8 Å². The highest BCUT2D eigenvalue weighted by atomic mass is 79.9. The fraction of sp³-hybridized carbons (Fsp3) is 0.526. The Balaban J connectivity index is 2.54. The van der Waals surface area contributed by atoms with Gasteiger partial charge in [0.15, 0.2) is 5.41 Å². The fourth-order valence-corrected chi connectivity index (χ4v) is 3.88. The van der Waals surface area contributed by atoms with Crippen LogP contribution in [0, 0.1) is 5.41 Å². The van der Waals surface area contributed by atoms with Crippen LogP contribution < -0.4 is 4.90 Å². The smallest absolute Gasteiger partial charge is 0.323 e. The Kier molecular flexibility index (Phi) is 5.80. The molecule has 142 valence electrons. The summed E-state index contributed by atoms with van der Waals surface area (Å²) in [5.41, 5.74) is -1.11. The van der Waals surface area contributed by atoms with Crippen LogP contribution in [-0.2, 0) is 29.3 Å². The number of anilines is 1. The number of halogens is 1. The summed E-state index contributed by atoms with van der Waals surface area (Å²) in [5.74, 6) is -1.54. The van der Waals surface area contributed by atoms with Gasteiger partial charge < -0.3 is 14.4 Å². The third kappa shape index (κ3) is 3.24. The van der Waals surface area contributed by atoms with Crippen molar-refractivity contribution in [1.82, 2.24) is 0 Å². The monoisotopic (exact) mass is 425 g/mol. The standard InChI is InChI=1S/C19H24BrNO5/c1-6-25-16(23)19(4,17(24)26-7-2)11-18(3)13-10-12(20)8-9-14(13)21(5)15(18)22/h8-10H,6-7,11H2,1-5H3. The molecule has 7 heteroatoms. The van der Waals surface area contributed by atoms with E-state index in [2.05, 4.69) is 15.9 Å². The Hall–Kier alpha value is -1.89. The lowest BCUT2D eigenvalue weighted by Gasteiger charge is -2.33. The van der Waals surface area contributed by atoms with Crippen molar-refractivity contribution in [2.45, 2.75) is 39.5 Å². The van der Waals surface area contributed by atoms with Gasteiger partial charge in [0.1, 0.15) is 0 Å². The lowest BCUT2D eigenvalue weighted by molar-refractivity contribution is -0.172. The summed E-state index contributed by atoms with van der Waals surface area (Å²) in [7, 11) is 1.69. The summed E-state index contributed by atoms with van der Waals surface area (Å²) >= 11 is 3.43. The molecule has 1 heterocycles. The zero-order valence-corrected chi connectivity index (χ0v) is 17.3. The predicted molar refractivity (Wildman–Crippen MR) is 101 cm³/mol. The van der Waals surface area contributed by atoms with Crippen LogP contribution >= 0.6 is 15.9 Å². The van der Waals surface area contributed by atoms with E-state index in [9.17, 15) is 14.4 Å². The molecule has 1 amide bonds. The van der Waals surface area contributed by atoms with Crippen LogP contribution in [0.15, 0.2) is 22.7 Å². The second-order valence-electron chi connectivity index (χ2n) is 6.81. The Labute approximate surface area is 162 Å². The van der Waals surface area contributed by atoms with E-state index in [0.29, 0.717) is 0 Å². The Morgan fingerprint density at radius 2 is 1.73 bits per heavy atom. The van der Waals surface area contributed by atoms with Crippen molar-refractivity contribution in [1.29, 1.82) is 0 Å². The average molecular weight is 426 g/mol. The first-order chi connectivity index (χ1) is 12.1. The van der Waals surface area contributed by atoms with Crippen LogP contribution in [-0.4, -0.2) is 38.1 Å². The summed E-state index contributed by atoms with van der Waals surface area (Å²) in [6, 6.07) is 5.55. The normalized spacial score (nSPS) is 19.3. The number of likely N-dealkylation sites (N-methyl/N-ethyl adjacent to an activating group) is 1. The van der Waals surface area contributed by atoms with E-state index in [0.717, 1.165) is 15.7 Å². The topological polar surface area (TPSA) is 72.9 Å². The van der Waals surface area contributed by atoms with Gasteiger partial charge in [-0.05, 0) is 57.9 Å². The summed E-state index contributed by atoms with van der Waals surface area (Å²) in [6.07, 6.45) is -0.0374. The van der Waals surface area contributed by atoms with Gasteiger partial charge in [0.05, 0.1) is 18.6 Å². The van der Waals surface area contributed by atoms with Gasteiger partial charge in [0.2, 0.25) is 5.91 Å². The van der Waals surface area contributed by atoms with E-state index in [1.807, 2.05) is 18.2 Å². The van der Waals surface area contributed by atoms with Crippen LogP contribution in [0.3, 0.4) is 0 Å². The zero-order valence-electron chi connectivity index (χ0n) is 15.7. The summed E-state index contributed by atoms with van der Waals surface area (Å²) in [5, 5.41) is 0. The molecule has 26 heavy (non-hydrogen) atoms. The minimum absolute atomic E-state index is 0.0374. The van der Waals surface area contributed by atoms with Crippen molar-refractivity contribution in [2.75, 3.05) is 25.2 Å². The first-order valence-corrected chi connectivity index (χ1v) is 9.33. The number of carbonyl (C=O) groups is 3. The maximum absolute atomic E-state index is 13.0. The molecule has 2 rings (SSSR count). The van der Waals surface area contributed by atoms with Crippen LogP contribution in [0.5, 0.6) is 0 Å². The van der Waals surface area contributed by atoms with Crippen molar-refractivity contribution >= 4 is 39.5 Å². The van der Waals surface area contributed by atoms with Crippen LogP contribution in [0.4, 0.5) is 5.69 Å². The fourth-order valence-electron chi connectivity index (χ4n) is 3.52.